The molecule has 6 heteroatoms. The Morgan fingerprint density at radius 3 is 3.06 bits per heavy atom. The summed E-state index contributed by atoms with van der Waals surface area (Å²) < 4.78 is 1.22. The number of pyridine rings is 1. The first-order chi connectivity index (χ1) is 7.86. The monoisotopic (exact) mass is 213 g/mol. The largest absolute Gasteiger partial charge is 0.349 e. The number of nitrogens with zero attached hydrogens (tertiary/aromatic N) is 4. The van der Waals surface area contributed by atoms with Crippen LogP contribution in [0.4, 0.5) is 0 Å². The van der Waals surface area contributed by atoms with Crippen LogP contribution in [-0.2, 0) is 0 Å². The highest BCUT2D eigenvalue weighted by Crippen LogP contribution is 2.20. The van der Waals surface area contributed by atoms with Crippen LogP contribution in [-0.4, -0.2) is 24.6 Å². The minimum Gasteiger partial charge on any atom is -0.296 e. The van der Waals surface area contributed by atoms with E-state index in [2.05, 4.69) is 20.1 Å². The van der Waals surface area contributed by atoms with Gasteiger partial charge in [0.05, 0.1) is 12.5 Å². The lowest BCUT2D eigenvalue weighted by Gasteiger charge is -1.96. The van der Waals surface area contributed by atoms with Crippen LogP contribution in [0.15, 0.2) is 41.8 Å². The summed E-state index contributed by atoms with van der Waals surface area (Å²) in [6.45, 7) is 0. The number of hydrogen-bond acceptors (Lipinski definition) is 4. The lowest BCUT2D eigenvalue weighted by Crippen LogP contribution is -2.17. The summed E-state index contributed by atoms with van der Waals surface area (Å²) in [5, 5.41) is 3.98. The van der Waals surface area contributed by atoms with Gasteiger partial charge in [0.2, 0.25) is 0 Å². The van der Waals surface area contributed by atoms with Gasteiger partial charge in [-0.3, -0.25) is 9.97 Å². The quantitative estimate of drug-likeness (QED) is 0.637. The number of rotatable bonds is 1. The van der Waals surface area contributed by atoms with Crippen molar-refractivity contribution in [2.45, 2.75) is 0 Å². The maximum Gasteiger partial charge on any atom is 0.349 e. The fourth-order valence-electron chi connectivity index (χ4n) is 1.55. The molecule has 0 bridgehead atoms. The van der Waals surface area contributed by atoms with Gasteiger partial charge >= 0.3 is 5.69 Å². The normalized spacial score (nSPS) is 10.8. The molecule has 6 nitrogen and oxygen atoms in total. The van der Waals surface area contributed by atoms with Gasteiger partial charge in [-0.05, 0) is 6.07 Å². The minimum atomic E-state index is -0.305. The molecule has 0 atom stereocenters. The maximum absolute atomic E-state index is 11.4. The van der Waals surface area contributed by atoms with Crippen molar-refractivity contribution in [3.8, 4) is 11.1 Å². The molecule has 0 aliphatic rings. The van der Waals surface area contributed by atoms with Gasteiger partial charge in [-0.15, -0.1) is 0 Å². The number of fused-ring (bicyclic) bond motifs is 1. The van der Waals surface area contributed by atoms with E-state index < -0.39 is 0 Å². The lowest BCUT2D eigenvalue weighted by atomic mass is 10.1. The molecule has 1 N–H and O–H groups in total. The molecule has 0 saturated carbocycles. The van der Waals surface area contributed by atoms with Crippen LogP contribution >= 0.6 is 0 Å². The standard InChI is InChI=1S/C10H7N5O/c16-10-13-6-12-9-8(5-14-15(9)10)7-2-1-3-11-4-7/h1-6H,(H,12,13,16). The van der Waals surface area contributed by atoms with Crippen LogP contribution in [0, 0.1) is 0 Å². The number of H-pyrrole nitrogens is 1. The third-order valence-corrected chi connectivity index (χ3v) is 2.28. The summed E-state index contributed by atoms with van der Waals surface area (Å²) in [6.07, 6.45) is 6.36. The molecule has 0 radical (unpaired) electrons. The average molecular weight is 213 g/mol. The van der Waals surface area contributed by atoms with Gasteiger partial charge in [-0.1, -0.05) is 6.07 Å². The Labute approximate surface area is 89.6 Å². The zero-order valence-electron chi connectivity index (χ0n) is 8.16. The predicted molar refractivity (Wildman–Crippen MR) is 56.8 cm³/mol. The van der Waals surface area contributed by atoms with Crippen LogP contribution in [0.1, 0.15) is 0 Å². The van der Waals surface area contributed by atoms with E-state index in [0.717, 1.165) is 11.1 Å². The van der Waals surface area contributed by atoms with E-state index in [9.17, 15) is 4.79 Å². The number of hydrogen-bond donors (Lipinski definition) is 1. The molecule has 78 valence electrons. The first-order valence-corrected chi connectivity index (χ1v) is 4.68. The van der Waals surface area contributed by atoms with Crippen molar-refractivity contribution in [2.75, 3.05) is 0 Å². The molecule has 0 fully saturated rings. The molecule has 0 aliphatic carbocycles. The van der Waals surface area contributed by atoms with E-state index in [1.165, 1.54) is 10.8 Å². The number of aromatic nitrogens is 5. The molecule has 3 aromatic rings. The van der Waals surface area contributed by atoms with E-state index in [0.29, 0.717) is 5.65 Å². The molecular weight excluding hydrogens is 206 g/mol. The van der Waals surface area contributed by atoms with Gasteiger partial charge < -0.3 is 0 Å². The maximum atomic E-state index is 11.4. The van der Waals surface area contributed by atoms with Gasteiger partial charge in [-0.2, -0.15) is 9.61 Å². The van der Waals surface area contributed by atoms with Crippen LogP contribution in [0.2, 0.25) is 0 Å². The van der Waals surface area contributed by atoms with E-state index in [1.54, 1.807) is 18.6 Å². The second-order valence-corrected chi connectivity index (χ2v) is 3.24. The SMILES string of the molecule is O=c1[nH]cnc2c(-c3cccnc3)cnn12. The minimum absolute atomic E-state index is 0.305. The predicted octanol–water partition coefficient (Wildman–Crippen LogP) is 0.480. The highest BCUT2D eigenvalue weighted by atomic mass is 16.1. The topological polar surface area (TPSA) is 75.9 Å². The molecule has 16 heavy (non-hydrogen) atoms. The Morgan fingerprint density at radius 2 is 2.25 bits per heavy atom. The van der Waals surface area contributed by atoms with Gasteiger partial charge in [0.15, 0.2) is 5.65 Å². The Bertz CT molecular complexity index is 685. The van der Waals surface area contributed by atoms with Crippen molar-refractivity contribution >= 4 is 5.65 Å². The van der Waals surface area contributed by atoms with Gasteiger partial charge in [0.1, 0.15) is 0 Å². The van der Waals surface area contributed by atoms with Crippen molar-refractivity contribution in [1.82, 2.24) is 24.6 Å². The van der Waals surface area contributed by atoms with Crippen LogP contribution in [0.25, 0.3) is 16.8 Å². The highest BCUT2D eigenvalue weighted by molar-refractivity contribution is 5.75. The zero-order chi connectivity index (χ0) is 11.0. The third-order valence-electron chi connectivity index (χ3n) is 2.28. The number of aromatic amines is 1. The molecule has 3 heterocycles. The first kappa shape index (κ1) is 8.78. The van der Waals surface area contributed by atoms with Crippen molar-refractivity contribution in [3.05, 3.63) is 47.5 Å². The Morgan fingerprint density at radius 1 is 1.31 bits per heavy atom. The fourth-order valence-corrected chi connectivity index (χ4v) is 1.55. The molecule has 0 amide bonds. The first-order valence-electron chi connectivity index (χ1n) is 4.68. The Hall–Kier alpha value is -2.50. The van der Waals surface area contributed by atoms with Crippen molar-refractivity contribution in [1.29, 1.82) is 0 Å². The third kappa shape index (κ3) is 1.20. The van der Waals surface area contributed by atoms with Crippen LogP contribution in [0.3, 0.4) is 0 Å². The van der Waals surface area contributed by atoms with Gasteiger partial charge in [0, 0.05) is 23.5 Å². The van der Waals surface area contributed by atoms with Crippen LogP contribution < -0.4 is 5.69 Å². The van der Waals surface area contributed by atoms with Crippen molar-refractivity contribution in [2.24, 2.45) is 0 Å². The Balaban J connectivity index is 2.34. The fraction of sp³-hybridized carbons (Fsp3) is 0. The summed E-state index contributed by atoms with van der Waals surface area (Å²) in [7, 11) is 0. The molecule has 3 aromatic heterocycles. The van der Waals surface area contributed by atoms with E-state index in [4.69, 9.17) is 0 Å². The molecule has 0 aliphatic heterocycles. The molecular formula is C10H7N5O. The lowest BCUT2D eigenvalue weighted by molar-refractivity contribution is 0.840. The summed E-state index contributed by atoms with van der Waals surface area (Å²) >= 11 is 0. The summed E-state index contributed by atoms with van der Waals surface area (Å²) in [6, 6.07) is 3.72. The second kappa shape index (κ2) is 3.27. The van der Waals surface area contributed by atoms with E-state index in [1.807, 2.05) is 12.1 Å². The van der Waals surface area contributed by atoms with E-state index in [-0.39, 0.29) is 5.69 Å². The van der Waals surface area contributed by atoms with Crippen LogP contribution in [0.5, 0.6) is 0 Å². The smallest absolute Gasteiger partial charge is 0.296 e. The Kier molecular flexibility index (Phi) is 1.79. The summed E-state index contributed by atoms with van der Waals surface area (Å²) in [5.41, 5.74) is 1.90. The average Bonchev–Trinajstić information content (AvgIpc) is 2.75. The zero-order valence-corrected chi connectivity index (χ0v) is 8.16. The van der Waals surface area contributed by atoms with Crippen molar-refractivity contribution < 1.29 is 0 Å². The van der Waals surface area contributed by atoms with Gasteiger partial charge in [0.25, 0.3) is 0 Å². The molecule has 0 saturated heterocycles. The van der Waals surface area contributed by atoms with Crippen molar-refractivity contribution in [3.63, 3.8) is 0 Å². The number of nitrogens with one attached hydrogen (secondary N) is 1. The van der Waals surface area contributed by atoms with Gasteiger partial charge in [-0.25, -0.2) is 9.78 Å². The summed E-state index contributed by atoms with van der Waals surface area (Å²) in [4.78, 5) is 22.0. The summed E-state index contributed by atoms with van der Waals surface area (Å²) in [5.74, 6) is 0. The highest BCUT2D eigenvalue weighted by Gasteiger charge is 2.08. The molecule has 0 unspecified atom stereocenters. The molecule has 0 aromatic carbocycles. The second-order valence-electron chi connectivity index (χ2n) is 3.24. The van der Waals surface area contributed by atoms with E-state index >= 15 is 0 Å². The molecule has 3 rings (SSSR count). The molecule has 0 spiro atoms.